The first-order valence-corrected chi connectivity index (χ1v) is 15.6. The minimum atomic E-state index is -1.83. The van der Waals surface area contributed by atoms with Gasteiger partial charge in [-0.1, -0.05) is 71.0 Å². The molecule has 0 unspecified atom stereocenters. The molecule has 2 aromatic carbocycles. The number of rotatable bonds is 7. The monoisotopic (exact) mass is 384 g/mol. The first-order chi connectivity index (χ1) is 12.2. The van der Waals surface area contributed by atoms with Gasteiger partial charge in [0.15, 0.2) is 0 Å². The largest absolute Gasteiger partial charge is 0.455 e. The van der Waals surface area contributed by atoms with Crippen LogP contribution in [0.25, 0.3) is 0 Å². The van der Waals surface area contributed by atoms with Gasteiger partial charge in [0.05, 0.1) is 0 Å². The molecule has 0 bridgehead atoms. The van der Waals surface area contributed by atoms with Crippen LogP contribution in [0.15, 0.2) is 71.0 Å². The second kappa shape index (κ2) is 8.46. The zero-order valence-corrected chi connectivity index (χ0v) is 18.5. The van der Waals surface area contributed by atoms with Crippen LogP contribution in [-0.4, -0.2) is 28.1 Å². The van der Waals surface area contributed by atoms with Gasteiger partial charge in [0.2, 0.25) is 0 Å². The maximum Gasteiger partial charge on any atom is 0.278 e. The second-order valence-corrected chi connectivity index (χ2v) is 16.8. The Morgan fingerprint density at radius 2 is 0.885 bits per heavy atom. The Hall–Kier alpha value is -2.19. The standard InChI is InChI=1S/C20H28N2O2Si2/c1-25(2,3)23-21-19(17-13-9-7-10-14-17)20(22-24-26(4,5)6)18-15-11-8-12-16-18/h7-16H,1-6H3. The van der Waals surface area contributed by atoms with Crippen molar-refractivity contribution in [2.45, 2.75) is 39.3 Å². The van der Waals surface area contributed by atoms with Crippen molar-refractivity contribution in [2.24, 2.45) is 10.3 Å². The molecule has 0 spiro atoms. The van der Waals surface area contributed by atoms with E-state index in [9.17, 15) is 0 Å². The number of benzene rings is 2. The molecule has 0 aliphatic carbocycles. The molecule has 0 radical (unpaired) electrons. The molecule has 2 aromatic rings. The van der Waals surface area contributed by atoms with Crippen molar-refractivity contribution in [3.63, 3.8) is 0 Å². The number of hydrogen-bond donors (Lipinski definition) is 0. The topological polar surface area (TPSA) is 43.2 Å². The van der Waals surface area contributed by atoms with Gasteiger partial charge in [0.1, 0.15) is 11.4 Å². The highest BCUT2D eigenvalue weighted by Gasteiger charge is 2.22. The quantitative estimate of drug-likeness (QED) is 0.359. The zero-order valence-electron chi connectivity index (χ0n) is 16.5. The Labute approximate surface area is 158 Å². The van der Waals surface area contributed by atoms with E-state index in [1.54, 1.807) is 0 Å². The zero-order chi connectivity index (χ0) is 19.2. The van der Waals surface area contributed by atoms with Crippen LogP contribution in [-0.2, 0) is 9.05 Å². The van der Waals surface area contributed by atoms with E-state index in [1.165, 1.54) is 0 Å². The Morgan fingerprint density at radius 3 is 1.15 bits per heavy atom. The fourth-order valence-electron chi connectivity index (χ4n) is 2.02. The highest BCUT2D eigenvalue weighted by Crippen LogP contribution is 2.15. The average Bonchev–Trinajstić information content (AvgIpc) is 2.57. The van der Waals surface area contributed by atoms with Crippen LogP contribution < -0.4 is 0 Å². The molecule has 0 saturated carbocycles. The molecular weight excluding hydrogens is 356 g/mol. The van der Waals surface area contributed by atoms with Crippen molar-refractivity contribution in [3.8, 4) is 0 Å². The van der Waals surface area contributed by atoms with Crippen LogP contribution in [0.1, 0.15) is 11.1 Å². The third-order valence-electron chi connectivity index (χ3n) is 3.14. The lowest BCUT2D eigenvalue weighted by atomic mass is 10.0. The maximum absolute atomic E-state index is 5.88. The Bertz CT molecular complexity index is 694. The summed E-state index contributed by atoms with van der Waals surface area (Å²) in [5, 5.41) is 9.05. The predicted molar refractivity (Wildman–Crippen MR) is 115 cm³/mol. The first-order valence-electron chi connectivity index (χ1n) is 8.79. The molecule has 6 heteroatoms. The summed E-state index contributed by atoms with van der Waals surface area (Å²) in [5.74, 6) is 0. The fourth-order valence-corrected chi connectivity index (χ4v) is 2.75. The third-order valence-corrected chi connectivity index (χ3v) is 4.42. The van der Waals surface area contributed by atoms with Gasteiger partial charge in [0, 0.05) is 11.1 Å². The Morgan fingerprint density at radius 1 is 0.577 bits per heavy atom. The SMILES string of the molecule is C[Si](C)(C)ON=C(C(=NO[Si](C)(C)C)c1ccccc1)c1ccccc1. The van der Waals surface area contributed by atoms with Gasteiger partial charge in [-0.25, -0.2) is 0 Å². The summed E-state index contributed by atoms with van der Waals surface area (Å²) in [7, 11) is -3.67. The van der Waals surface area contributed by atoms with Crippen LogP contribution in [0.4, 0.5) is 0 Å². The third kappa shape index (κ3) is 6.61. The summed E-state index contributed by atoms with van der Waals surface area (Å²) in [6.07, 6.45) is 0. The van der Waals surface area contributed by atoms with Gasteiger partial charge in [-0.3, -0.25) is 0 Å². The van der Waals surface area contributed by atoms with Gasteiger partial charge in [-0.15, -0.1) is 0 Å². The highest BCUT2D eigenvalue weighted by molar-refractivity contribution is 6.70. The molecular formula is C20H28N2O2Si2. The van der Waals surface area contributed by atoms with Crippen LogP contribution in [0.3, 0.4) is 0 Å². The van der Waals surface area contributed by atoms with Gasteiger partial charge in [-0.05, 0) is 39.3 Å². The minimum Gasteiger partial charge on any atom is -0.455 e. The molecule has 0 atom stereocenters. The van der Waals surface area contributed by atoms with Gasteiger partial charge in [0.25, 0.3) is 16.6 Å². The fraction of sp³-hybridized carbons (Fsp3) is 0.300. The number of hydrogen-bond acceptors (Lipinski definition) is 4. The van der Waals surface area contributed by atoms with E-state index in [1.807, 2.05) is 60.7 Å². The molecule has 2 rings (SSSR count). The highest BCUT2D eigenvalue weighted by atomic mass is 28.4. The lowest BCUT2D eigenvalue weighted by Crippen LogP contribution is -2.28. The van der Waals surface area contributed by atoms with Crippen LogP contribution in [0.2, 0.25) is 39.3 Å². The molecule has 0 saturated heterocycles. The van der Waals surface area contributed by atoms with Crippen LogP contribution in [0.5, 0.6) is 0 Å². The van der Waals surface area contributed by atoms with E-state index in [4.69, 9.17) is 9.05 Å². The molecule has 0 aliphatic rings. The molecule has 138 valence electrons. The van der Waals surface area contributed by atoms with Gasteiger partial charge >= 0.3 is 0 Å². The normalized spacial score (nSPS) is 13.5. The van der Waals surface area contributed by atoms with Crippen molar-refractivity contribution in [3.05, 3.63) is 71.8 Å². The van der Waals surface area contributed by atoms with Crippen molar-refractivity contribution in [2.75, 3.05) is 0 Å². The molecule has 0 heterocycles. The maximum atomic E-state index is 5.88. The Kier molecular flexibility index (Phi) is 6.55. The summed E-state index contributed by atoms with van der Waals surface area (Å²) >= 11 is 0. The summed E-state index contributed by atoms with van der Waals surface area (Å²) in [5.41, 5.74) is 3.29. The van der Waals surface area contributed by atoms with Crippen LogP contribution in [0, 0.1) is 0 Å². The van der Waals surface area contributed by atoms with E-state index in [0.717, 1.165) is 11.1 Å². The molecule has 0 aliphatic heterocycles. The van der Waals surface area contributed by atoms with Crippen molar-refractivity contribution >= 4 is 28.1 Å². The van der Waals surface area contributed by atoms with Gasteiger partial charge < -0.3 is 9.05 Å². The molecule has 0 amide bonds. The molecule has 0 fully saturated rings. The smallest absolute Gasteiger partial charge is 0.278 e. The van der Waals surface area contributed by atoms with Crippen LogP contribution >= 0.6 is 0 Å². The average molecular weight is 385 g/mol. The van der Waals surface area contributed by atoms with Gasteiger partial charge in [-0.2, -0.15) is 0 Å². The molecule has 26 heavy (non-hydrogen) atoms. The minimum absolute atomic E-state index is 0.692. The number of nitrogens with zero attached hydrogens (tertiary/aromatic N) is 2. The predicted octanol–water partition coefficient (Wildman–Crippen LogP) is 5.50. The van der Waals surface area contributed by atoms with E-state index in [2.05, 4.69) is 49.6 Å². The summed E-state index contributed by atoms with van der Waals surface area (Å²) in [4.78, 5) is 0. The lowest BCUT2D eigenvalue weighted by molar-refractivity contribution is 0.331. The van der Waals surface area contributed by atoms with E-state index >= 15 is 0 Å². The van der Waals surface area contributed by atoms with Crippen molar-refractivity contribution in [1.29, 1.82) is 0 Å². The number of oxime groups is 2. The van der Waals surface area contributed by atoms with Crippen molar-refractivity contribution < 1.29 is 9.05 Å². The summed E-state index contributed by atoms with van der Waals surface area (Å²) in [6, 6.07) is 20.0. The first kappa shape index (κ1) is 20.1. The van der Waals surface area contributed by atoms with E-state index in [0.29, 0.717) is 11.4 Å². The van der Waals surface area contributed by atoms with Crippen molar-refractivity contribution in [1.82, 2.24) is 0 Å². The molecule has 0 N–H and O–H groups in total. The molecule has 0 aromatic heterocycles. The summed E-state index contributed by atoms with van der Waals surface area (Å²) in [6.45, 7) is 12.6. The Balaban J connectivity index is 2.57. The van der Waals surface area contributed by atoms with E-state index < -0.39 is 16.6 Å². The molecule has 4 nitrogen and oxygen atoms in total. The second-order valence-electron chi connectivity index (χ2n) is 8.02. The summed E-state index contributed by atoms with van der Waals surface area (Å²) < 4.78 is 11.8. The lowest BCUT2D eigenvalue weighted by Gasteiger charge is -2.18. The van der Waals surface area contributed by atoms with E-state index in [-0.39, 0.29) is 0 Å².